The number of hydrogen-bond donors (Lipinski definition) is 0. The zero-order valence-electron chi connectivity index (χ0n) is 13.8. The van der Waals surface area contributed by atoms with Crippen LogP contribution in [0.5, 0.6) is 5.75 Å². The summed E-state index contributed by atoms with van der Waals surface area (Å²) in [5.74, 6) is 1.37. The predicted octanol–water partition coefficient (Wildman–Crippen LogP) is 4.06. The molecule has 1 aromatic heterocycles. The standard InChI is InChI=1S/C20H21NO3/c1-15-8-14-23-18(15)19(22)21-12-4-9-20(11-13-21)10-7-16-5-2-3-6-17(16)24-20/h2-3,5-8,10,14H,4,9,11-13H2,1H3/t20-/m1/s1. The SMILES string of the molecule is Cc1ccoc1C(=O)N1CCC[C@@]2(C=Cc3ccccc3O2)CC1. The predicted molar refractivity (Wildman–Crippen MR) is 92.0 cm³/mol. The Morgan fingerprint density at radius 3 is 2.88 bits per heavy atom. The molecule has 0 unspecified atom stereocenters. The van der Waals surface area contributed by atoms with Crippen LogP contribution in [0.4, 0.5) is 0 Å². The van der Waals surface area contributed by atoms with Crippen LogP contribution in [-0.2, 0) is 0 Å². The van der Waals surface area contributed by atoms with Crippen LogP contribution in [-0.4, -0.2) is 29.5 Å². The van der Waals surface area contributed by atoms with E-state index in [-0.39, 0.29) is 11.5 Å². The van der Waals surface area contributed by atoms with Gasteiger partial charge in [-0.05, 0) is 38.0 Å². The van der Waals surface area contributed by atoms with Crippen molar-refractivity contribution in [3.8, 4) is 5.75 Å². The van der Waals surface area contributed by atoms with Gasteiger partial charge >= 0.3 is 0 Å². The number of rotatable bonds is 1. The van der Waals surface area contributed by atoms with E-state index in [0.29, 0.717) is 12.3 Å². The summed E-state index contributed by atoms with van der Waals surface area (Å²) in [6.45, 7) is 3.31. The highest BCUT2D eigenvalue weighted by molar-refractivity contribution is 5.92. The van der Waals surface area contributed by atoms with E-state index >= 15 is 0 Å². The zero-order chi connectivity index (χ0) is 16.6. The molecule has 0 N–H and O–H groups in total. The highest BCUT2D eigenvalue weighted by Gasteiger charge is 2.36. The van der Waals surface area contributed by atoms with Gasteiger partial charge in [0.15, 0.2) is 5.76 Å². The molecule has 2 aromatic rings. The van der Waals surface area contributed by atoms with E-state index in [4.69, 9.17) is 9.15 Å². The summed E-state index contributed by atoms with van der Waals surface area (Å²) in [5, 5.41) is 0. The molecular weight excluding hydrogens is 302 g/mol. The third-order valence-electron chi connectivity index (χ3n) is 4.98. The van der Waals surface area contributed by atoms with Crippen LogP contribution in [0.15, 0.2) is 47.1 Å². The number of amides is 1. The Balaban J connectivity index is 1.51. The molecule has 0 saturated carbocycles. The van der Waals surface area contributed by atoms with E-state index in [9.17, 15) is 4.79 Å². The van der Waals surface area contributed by atoms with Crippen LogP contribution in [0.25, 0.3) is 6.08 Å². The maximum Gasteiger partial charge on any atom is 0.289 e. The van der Waals surface area contributed by atoms with Gasteiger partial charge in [0.25, 0.3) is 5.91 Å². The molecule has 1 aromatic carbocycles. The third kappa shape index (κ3) is 2.62. The van der Waals surface area contributed by atoms with Crippen LogP contribution >= 0.6 is 0 Å². The van der Waals surface area contributed by atoms with Gasteiger partial charge in [0.1, 0.15) is 11.4 Å². The Bertz CT molecular complexity index is 792. The molecule has 24 heavy (non-hydrogen) atoms. The Labute approximate surface area is 141 Å². The largest absolute Gasteiger partial charge is 0.483 e. The number of fused-ring (bicyclic) bond motifs is 1. The molecule has 1 fully saturated rings. The van der Waals surface area contributed by atoms with Crippen molar-refractivity contribution in [2.24, 2.45) is 0 Å². The van der Waals surface area contributed by atoms with Gasteiger partial charge in [0.2, 0.25) is 0 Å². The number of carbonyl (C=O) groups excluding carboxylic acids is 1. The topological polar surface area (TPSA) is 42.7 Å². The Kier molecular flexibility index (Phi) is 3.68. The number of benzene rings is 1. The lowest BCUT2D eigenvalue weighted by atomic mass is 9.91. The summed E-state index contributed by atoms with van der Waals surface area (Å²) in [7, 11) is 0. The van der Waals surface area contributed by atoms with Crippen molar-refractivity contribution in [1.82, 2.24) is 4.90 Å². The van der Waals surface area contributed by atoms with Crippen LogP contribution < -0.4 is 4.74 Å². The van der Waals surface area contributed by atoms with E-state index in [1.54, 1.807) is 6.26 Å². The second-order valence-electron chi connectivity index (χ2n) is 6.62. The van der Waals surface area contributed by atoms with E-state index < -0.39 is 0 Å². The molecular formula is C20H21NO3. The number of ether oxygens (including phenoxy) is 1. The van der Waals surface area contributed by atoms with Gasteiger partial charge in [-0.1, -0.05) is 24.3 Å². The summed E-state index contributed by atoms with van der Waals surface area (Å²) in [6.07, 6.45) is 8.51. The number of furan rings is 1. The average molecular weight is 323 g/mol. The molecule has 3 heterocycles. The lowest BCUT2D eigenvalue weighted by Gasteiger charge is -2.34. The summed E-state index contributed by atoms with van der Waals surface area (Å²) < 4.78 is 11.7. The molecule has 1 spiro atoms. The summed E-state index contributed by atoms with van der Waals surface area (Å²) in [6, 6.07) is 9.92. The van der Waals surface area contributed by atoms with E-state index in [1.165, 1.54) is 0 Å². The Morgan fingerprint density at radius 1 is 1.17 bits per heavy atom. The van der Waals surface area contributed by atoms with Crippen molar-refractivity contribution in [2.75, 3.05) is 13.1 Å². The summed E-state index contributed by atoms with van der Waals surface area (Å²) in [4.78, 5) is 14.6. The fraction of sp³-hybridized carbons (Fsp3) is 0.350. The van der Waals surface area contributed by atoms with Gasteiger partial charge in [-0.25, -0.2) is 0 Å². The quantitative estimate of drug-likeness (QED) is 0.795. The fourth-order valence-corrected chi connectivity index (χ4v) is 3.54. The molecule has 4 heteroatoms. The fourth-order valence-electron chi connectivity index (χ4n) is 3.54. The van der Waals surface area contributed by atoms with Gasteiger partial charge in [-0.3, -0.25) is 4.79 Å². The molecule has 1 saturated heterocycles. The van der Waals surface area contributed by atoms with E-state index in [0.717, 1.165) is 42.7 Å². The van der Waals surface area contributed by atoms with Crippen molar-refractivity contribution in [3.63, 3.8) is 0 Å². The summed E-state index contributed by atoms with van der Waals surface area (Å²) in [5.41, 5.74) is 1.70. The lowest BCUT2D eigenvalue weighted by molar-refractivity contribution is 0.0700. The molecule has 4 nitrogen and oxygen atoms in total. The van der Waals surface area contributed by atoms with Crippen molar-refractivity contribution < 1.29 is 13.9 Å². The van der Waals surface area contributed by atoms with Crippen molar-refractivity contribution in [3.05, 3.63) is 59.6 Å². The van der Waals surface area contributed by atoms with Crippen molar-refractivity contribution >= 4 is 12.0 Å². The molecule has 0 aliphatic carbocycles. The van der Waals surface area contributed by atoms with Gasteiger partial charge in [0, 0.05) is 30.6 Å². The molecule has 1 atom stereocenters. The molecule has 0 radical (unpaired) electrons. The zero-order valence-corrected chi connectivity index (χ0v) is 13.8. The smallest absolute Gasteiger partial charge is 0.289 e. The second kappa shape index (κ2) is 5.86. The highest BCUT2D eigenvalue weighted by atomic mass is 16.5. The molecule has 1 amide bonds. The molecule has 4 rings (SSSR count). The van der Waals surface area contributed by atoms with Gasteiger partial charge < -0.3 is 14.1 Å². The Hall–Kier alpha value is -2.49. The first-order chi connectivity index (χ1) is 11.7. The molecule has 0 bridgehead atoms. The number of aryl methyl sites for hydroxylation is 1. The maximum absolute atomic E-state index is 12.7. The minimum absolute atomic E-state index is 0.0188. The van der Waals surface area contributed by atoms with Crippen molar-refractivity contribution in [1.29, 1.82) is 0 Å². The van der Waals surface area contributed by atoms with Gasteiger partial charge in [-0.15, -0.1) is 0 Å². The maximum atomic E-state index is 12.7. The van der Waals surface area contributed by atoms with Crippen LogP contribution in [0.1, 0.15) is 40.9 Å². The summed E-state index contributed by atoms with van der Waals surface area (Å²) >= 11 is 0. The van der Waals surface area contributed by atoms with Gasteiger partial charge in [0.05, 0.1) is 6.26 Å². The first-order valence-corrected chi connectivity index (χ1v) is 8.48. The number of likely N-dealkylation sites (tertiary alicyclic amines) is 1. The minimum atomic E-state index is -0.304. The minimum Gasteiger partial charge on any atom is -0.483 e. The second-order valence-corrected chi connectivity index (χ2v) is 6.62. The van der Waals surface area contributed by atoms with E-state index in [1.807, 2.05) is 36.1 Å². The average Bonchev–Trinajstić information content (AvgIpc) is 2.92. The number of carbonyl (C=O) groups is 1. The monoisotopic (exact) mass is 323 g/mol. The van der Waals surface area contributed by atoms with Gasteiger partial charge in [-0.2, -0.15) is 0 Å². The Morgan fingerprint density at radius 2 is 2.04 bits per heavy atom. The lowest BCUT2D eigenvalue weighted by Crippen LogP contribution is -2.38. The number of nitrogens with zero attached hydrogens (tertiary/aromatic N) is 1. The number of hydrogen-bond acceptors (Lipinski definition) is 3. The normalized spacial score (nSPS) is 22.8. The van der Waals surface area contributed by atoms with E-state index in [2.05, 4.69) is 18.2 Å². The molecule has 2 aliphatic rings. The molecule has 124 valence electrons. The van der Waals surface area contributed by atoms with Crippen LogP contribution in [0, 0.1) is 6.92 Å². The highest BCUT2D eigenvalue weighted by Crippen LogP contribution is 2.37. The number of para-hydroxylation sites is 1. The van der Waals surface area contributed by atoms with Crippen LogP contribution in [0.2, 0.25) is 0 Å². The van der Waals surface area contributed by atoms with Crippen molar-refractivity contribution in [2.45, 2.75) is 31.8 Å². The third-order valence-corrected chi connectivity index (χ3v) is 4.98. The molecule has 2 aliphatic heterocycles. The first-order valence-electron chi connectivity index (χ1n) is 8.48. The first kappa shape index (κ1) is 15.1. The van der Waals surface area contributed by atoms with Crippen LogP contribution in [0.3, 0.4) is 0 Å².